The Kier molecular flexibility index (Phi) is 7.61. The van der Waals surface area contributed by atoms with Gasteiger partial charge >= 0.3 is 17.9 Å². The molecule has 1 saturated heterocycles. The summed E-state index contributed by atoms with van der Waals surface area (Å²) < 4.78 is 21.0. The Morgan fingerprint density at radius 1 is 0.958 bits per heavy atom. The number of carbonyl (C=O) groups is 4. The maximum Gasteiger partial charge on any atom is 0.303 e. The highest BCUT2D eigenvalue weighted by Gasteiger charge is 2.49. The maximum atomic E-state index is 11.4. The van der Waals surface area contributed by atoms with Crippen molar-refractivity contribution in [1.29, 1.82) is 0 Å². The Labute approximate surface area is 147 Å². The first-order valence-electron chi connectivity index (χ1n) is 7.16. The molecule has 0 bridgehead atoms. The summed E-state index contributed by atoms with van der Waals surface area (Å²) in [5, 5.41) is 1.84. The van der Waals surface area contributed by atoms with E-state index in [4.69, 9.17) is 18.9 Å². The van der Waals surface area contributed by atoms with Crippen molar-refractivity contribution in [3.8, 4) is 0 Å². The zero-order valence-electron chi connectivity index (χ0n) is 13.7. The zero-order valence-corrected chi connectivity index (χ0v) is 15.3. The first-order valence-corrected chi connectivity index (χ1v) is 8.07. The molecule has 5 atom stereocenters. The molecule has 10 heteroatoms. The van der Waals surface area contributed by atoms with Gasteiger partial charge in [0.1, 0.15) is 23.8 Å². The van der Waals surface area contributed by atoms with E-state index in [1.165, 1.54) is 27.7 Å². The van der Waals surface area contributed by atoms with Crippen molar-refractivity contribution in [2.45, 2.75) is 57.1 Å². The van der Waals surface area contributed by atoms with Gasteiger partial charge in [-0.05, 0) is 0 Å². The number of nitrogens with one attached hydrogen (secondary N) is 1. The largest absolute Gasteiger partial charge is 0.463 e. The SMILES string of the molecule is CC(=O)N[C@H]1C(Br)O[C@H](COC(C)=O)[C@@H](OC(C)=O)[C@@H]1OC(C)=O. The third-order valence-electron chi connectivity index (χ3n) is 3.06. The lowest BCUT2D eigenvalue weighted by Crippen LogP contribution is -2.64. The molecule has 1 amide bonds. The molecule has 24 heavy (non-hydrogen) atoms. The van der Waals surface area contributed by atoms with E-state index in [2.05, 4.69) is 21.2 Å². The highest BCUT2D eigenvalue weighted by Crippen LogP contribution is 2.29. The molecular weight excluding hydrogens is 390 g/mol. The summed E-state index contributed by atoms with van der Waals surface area (Å²) in [6, 6.07) is -0.802. The number of ether oxygens (including phenoxy) is 4. The Hall–Kier alpha value is -1.68. The number of rotatable bonds is 5. The summed E-state index contributed by atoms with van der Waals surface area (Å²) in [6.45, 7) is 4.67. The van der Waals surface area contributed by atoms with E-state index in [1.54, 1.807) is 0 Å². The topological polar surface area (TPSA) is 117 Å². The van der Waals surface area contributed by atoms with E-state index in [9.17, 15) is 19.2 Å². The minimum Gasteiger partial charge on any atom is -0.463 e. The second-order valence-corrected chi connectivity index (χ2v) is 6.11. The second-order valence-electron chi connectivity index (χ2n) is 5.20. The Balaban J connectivity index is 3.11. The number of amides is 1. The van der Waals surface area contributed by atoms with Crippen LogP contribution in [0.25, 0.3) is 0 Å². The van der Waals surface area contributed by atoms with E-state index >= 15 is 0 Å². The van der Waals surface area contributed by atoms with Crippen LogP contribution in [0.5, 0.6) is 0 Å². The molecule has 0 aromatic carbocycles. The number of esters is 3. The van der Waals surface area contributed by atoms with E-state index in [-0.39, 0.29) is 12.5 Å². The molecule has 136 valence electrons. The van der Waals surface area contributed by atoms with E-state index in [0.29, 0.717) is 0 Å². The number of hydrogen-bond donors (Lipinski definition) is 1. The van der Waals surface area contributed by atoms with E-state index in [0.717, 1.165) is 0 Å². The zero-order chi connectivity index (χ0) is 18.4. The van der Waals surface area contributed by atoms with E-state index < -0.39 is 47.3 Å². The van der Waals surface area contributed by atoms with Gasteiger partial charge in [0.25, 0.3) is 0 Å². The van der Waals surface area contributed by atoms with Gasteiger partial charge in [0.15, 0.2) is 12.2 Å². The lowest BCUT2D eigenvalue weighted by atomic mass is 9.97. The number of hydrogen-bond acceptors (Lipinski definition) is 8. The van der Waals surface area contributed by atoms with Crippen LogP contribution in [0.1, 0.15) is 27.7 Å². The predicted octanol–water partition coefficient (Wildman–Crippen LogP) is 0.0374. The molecule has 1 heterocycles. The van der Waals surface area contributed by atoms with Gasteiger partial charge < -0.3 is 24.3 Å². The first kappa shape index (κ1) is 20.4. The molecule has 0 saturated carbocycles. The Morgan fingerprint density at radius 3 is 1.96 bits per heavy atom. The van der Waals surface area contributed by atoms with Crippen LogP contribution in [-0.4, -0.2) is 59.8 Å². The van der Waals surface area contributed by atoms with Gasteiger partial charge in [0.05, 0.1) is 0 Å². The lowest BCUT2D eigenvalue weighted by Gasteiger charge is -2.43. The van der Waals surface area contributed by atoms with Crippen molar-refractivity contribution in [3.05, 3.63) is 0 Å². The number of alkyl halides is 1. The van der Waals surface area contributed by atoms with Gasteiger partial charge in [-0.3, -0.25) is 19.2 Å². The molecule has 9 nitrogen and oxygen atoms in total. The fraction of sp³-hybridized carbons (Fsp3) is 0.714. The van der Waals surface area contributed by atoms with Gasteiger partial charge in [-0.15, -0.1) is 0 Å². The van der Waals surface area contributed by atoms with Crippen LogP contribution >= 0.6 is 15.9 Å². The predicted molar refractivity (Wildman–Crippen MR) is 82.9 cm³/mol. The molecule has 0 spiro atoms. The average Bonchev–Trinajstić information content (AvgIpc) is 2.42. The van der Waals surface area contributed by atoms with E-state index in [1.807, 2.05) is 0 Å². The van der Waals surface area contributed by atoms with Gasteiger partial charge in [-0.25, -0.2) is 0 Å². The molecule has 1 aliphatic heterocycles. The number of halogens is 1. The molecule has 1 aliphatic rings. The van der Waals surface area contributed by atoms with Crippen LogP contribution < -0.4 is 5.32 Å². The monoisotopic (exact) mass is 409 g/mol. The fourth-order valence-corrected chi connectivity index (χ4v) is 2.99. The van der Waals surface area contributed by atoms with Crippen LogP contribution in [0.2, 0.25) is 0 Å². The molecule has 0 aliphatic carbocycles. The smallest absolute Gasteiger partial charge is 0.303 e. The highest BCUT2D eigenvalue weighted by atomic mass is 79.9. The summed E-state index contributed by atoms with van der Waals surface area (Å²) >= 11 is 3.25. The van der Waals surface area contributed by atoms with Crippen molar-refractivity contribution in [1.82, 2.24) is 5.32 Å². The molecular formula is C14H20BrNO8. The highest BCUT2D eigenvalue weighted by molar-refractivity contribution is 9.09. The standard InChI is InChI=1S/C14H20BrNO8/c1-6(17)16-11-13(23-9(4)20)12(22-8(3)19)10(24-14(11)15)5-21-7(2)18/h10-14H,5H2,1-4H3,(H,16,17)/t10-,11-,12-,13-,14?/m1/s1. The molecule has 1 unspecified atom stereocenters. The third-order valence-corrected chi connectivity index (χ3v) is 3.84. The second kappa shape index (κ2) is 8.97. The molecule has 1 fully saturated rings. The number of carbonyl (C=O) groups excluding carboxylic acids is 4. The Morgan fingerprint density at radius 2 is 1.50 bits per heavy atom. The first-order chi connectivity index (χ1) is 11.1. The molecule has 1 rings (SSSR count). The van der Waals surface area contributed by atoms with Crippen molar-refractivity contribution in [2.75, 3.05) is 6.61 Å². The van der Waals surface area contributed by atoms with Gasteiger partial charge in [-0.1, -0.05) is 15.9 Å². The van der Waals surface area contributed by atoms with Gasteiger partial charge in [0.2, 0.25) is 5.91 Å². The normalized spacial score (nSPS) is 29.3. The molecule has 0 radical (unpaired) electrons. The lowest BCUT2D eigenvalue weighted by molar-refractivity contribution is -0.211. The van der Waals surface area contributed by atoms with Crippen molar-refractivity contribution in [3.63, 3.8) is 0 Å². The van der Waals surface area contributed by atoms with Crippen LogP contribution in [0.4, 0.5) is 0 Å². The Bertz CT molecular complexity index is 511. The summed E-state index contributed by atoms with van der Waals surface area (Å²) in [4.78, 5) is 45.3. The van der Waals surface area contributed by atoms with Gasteiger partial charge in [0, 0.05) is 27.7 Å². The van der Waals surface area contributed by atoms with Gasteiger partial charge in [-0.2, -0.15) is 0 Å². The van der Waals surface area contributed by atoms with Crippen LogP contribution in [-0.2, 0) is 38.1 Å². The molecule has 0 aromatic heterocycles. The maximum absolute atomic E-state index is 11.4. The van der Waals surface area contributed by atoms with Crippen molar-refractivity contribution in [2.24, 2.45) is 0 Å². The van der Waals surface area contributed by atoms with Crippen LogP contribution in [0.3, 0.4) is 0 Å². The van der Waals surface area contributed by atoms with Crippen molar-refractivity contribution >= 4 is 39.7 Å². The summed E-state index contributed by atoms with van der Waals surface area (Å²) in [6.07, 6.45) is -2.96. The summed E-state index contributed by atoms with van der Waals surface area (Å²) in [5.41, 5.74) is 0. The quantitative estimate of drug-likeness (QED) is 0.384. The average molecular weight is 410 g/mol. The molecule has 0 aromatic rings. The van der Waals surface area contributed by atoms with Crippen LogP contribution in [0.15, 0.2) is 0 Å². The summed E-state index contributed by atoms with van der Waals surface area (Å²) in [5.74, 6) is -2.19. The minimum absolute atomic E-state index is 0.208. The molecule has 1 N–H and O–H groups in total. The fourth-order valence-electron chi connectivity index (χ4n) is 2.28. The third kappa shape index (κ3) is 6.08. The van der Waals surface area contributed by atoms with Crippen molar-refractivity contribution < 1.29 is 38.1 Å². The summed E-state index contributed by atoms with van der Waals surface area (Å²) in [7, 11) is 0. The van der Waals surface area contributed by atoms with Crippen LogP contribution in [0, 0.1) is 0 Å². The minimum atomic E-state index is -1.06.